The second kappa shape index (κ2) is 11.0. The van der Waals surface area contributed by atoms with E-state index in [2.05, 4.69) is 10.6 Å². The van der Waals surface area contributed by atoms with Crippen molar-refractivity contribution in [3.05, 3.63) is 28.7 Å². The van der Waals surface area contributed by atoms with Gasteiger partial charge in [-0.15, -0.1) is 0 Å². The Labute approximate surface area is 160 Å². The number of ketones is 1. The van der Waals surface area contributed by atoms with Gasteiger partial charge in [-0.2, -0.15) is 0 Å². The van der Waals surface area contributed by atoms with E-state index in [9.17, 15) is 28.4 Å². The van der Waals surface area contributed by atoms with Crippen molar-refractivity contribution in [2.24, 2.45) is 0 Å². The predicted octanol–water partition coefficient (Wildman–Crippen LogP) is 1.04. The number of aliphatic carboxylic acids is 1. The second-order valence-corrected chi connectivity index (χ2v) is 6.10. The fraction of sp³-hybridized carbons (Fsp3) is 0.500. The highest BCUT2D eigenvalue weighted by atomic mass is 19.1. The SMILES string of the molecule is CCC[C@H](C(=O)NC(CC(=O)O)C(=O)CF)n1cccc(NC(=O)CC)c1=O. The van der Waals surface area contributed by atoms with Crippen LogP contribution in [-0.2, 0) is 19.2 Å². The number of carboxylic acids is 1. The summed E-state index contributed by atoms with van der Waals surface area (Å²) in [5.74, 6) is -3.60. The van der Waals surface area contributed by atoms with Crippen LogP contribution in [0.2, 0.25) is 0 Å². The molecule has 2 atom stereocenters. The number of halogens is 1. The van der Waals surface area contributed by atoms with Crippen LogP contribution in [-0.4, -0.2) is 46.0 Å². The van der Waals surface area contributed by atoms with Gasteiger partial charge in [0.15, 0.2) is 5.78 Å². The molecular weight excluding hydrogens is 373 g/mol. The minimum absolute atomic E-state index is 0.00910. The van der Waals surface area contributed by atoms with E-state index in [1.54, 1.807) is 13.8 Å². The van der Waals surface area contributed by atoms with E-state index in [0.717, 1.165) is 4.57 Å². The number of Topliss-reactive ketones (excluding diaryl/α,β-unsaturated/α-hetero) is 1. The number of nitrogens with zero attached hydrogens (tertiary/aromatic N) is 1. The number of carbonyl (C=O) groups excluding carboxylic acids is 3. The molecule has 0 spiro atoms. The number of amides is 2. The zero-order valence-electron chi connectivity index (χ0n) is 15.7. The van der Waals surface area contributed by atoms with Crippen molar-refractivity contribution in [3.63, 3.8) is 0 Å². The topological polar surface area (TPSA) is 135 Å². The van der Waals surface area contributed by atoms with Gasteiger partial charge >= 0.3 is 5.97 Å². The summed E-state index contributed by atoms with van der Waals surface area (Å²) < 4.78 is 13.8. The van der Waals surface area contributed by atoms with E-state index in [1.165, 1.54) is 18.3 Å². The normalized spacial score (nSPS) is 12.7. The van der Waals surface area contributed by atoms with Crippen LogP contribution >= 0.6 is 0 Å². The molecule has 0 radical (unpaired) electrons. The monoisotopic (exact) mass is 397 g/mol. The molecule has 1 aromatic heterocycles. The third-order valence-corrected chi connectivity index (χ3v) is 3.99. The third kappa shape index (κ3) is 6.29. The van der Waals surface area contributed by atoms with Crippen molar-refractivity contribution >= 4 is 29.3 Å². The van der Waals surface area contributed by atoms with Crippen LogP contribution in [0.3, 0.4) is 0 Å². The summed E-state index contributed by atoms with van der Waals surface area (Å²) in [6.45, 7) is 1.97. The van der Waals surface area contributed by atoms with Gasteiger partial charge in [0.05, 0.1) is 6.42 Å². The predicted molar refractivity (Wildman–Crippen MR) is 98.7 cm³/mol. The van der Waals surface area contributed by atoms with Crippen LogP contribution in [0.1, 0.15) is 45.6 Å². The Morgan fingerprint density at radius 1 is 1.25 bits per heavy atom. The van der Waals surface area contributed by atoms with E-state index in [1.807, 2.05) is 0 Å². The van der Waals surface area contributed by atoms with Crippen molar-refractivity contribution in [2.75, 3.05) is 12.0 Å². The van der Waals surface area contributed by atoms with Gasteiger partial charge < -0.3 is 20.3 Å². The highest BCUT2D eigenvalue weighted by molar-refractivity contribution is 5.93. The number of carboxylic acid groups (broad SMARTS) is 1. The Balaban J connectivity index is 3.18. The molecule has 1 heterocycles. The first-order valence-electron chi connectivity index (χ1n) is 8.86. The molecule has 0 aliphatic carbocycles. The summed E-state index contributed by atoms with van der Waals surface area (Å²) in [5.41, 5.74) is -0.630. The van der Waals surface area contributed by atoms with Crippen LogP contribution in [0.15, 0.2) is 23.1 Å². The van der Waals surface area contributed by atoms with Crippen LogP contribution < -0.4 is 16.2 Å². The average molecular weight is 397 g/mol. The molecule has 0 saturated carbocycles. The van der Waals surface area contributed by atoms with Crippen LogP contribution in [0.5, 0.6) is 0 Å². The van der Waals surface area contributed by atoms with Gasteiger partial charge in [-0.05, 0) is 18.6 Å². The van der Waals surface area contributed by atoms with E-state index < -0.39 is 48.4 Å². The highest BCUT2D eigenvalue weighted by Crippen LogP contribution is 2.14. The minimum atomic E-state index is -1.53. The first-order valence-corrected chi connectivity index (χ1v) is 8.86. The number of nitrogens with one attached hydrogen (secondary N) is 2. The van der Waals surface area contributed by atoms with Gasteiger partial charge in [0.2, 0.25) is 11.8 Å². The van der Waals surface area contributed by atoms with Gasteiger partial charge in [-0.1, -0.05) is 20.3 Å². The maximum atomic E-state index is 12.7. The third-order valence-electron chi connectivity index (χ3n) is 3.99. The molecule has 1 rings (SSSR count). The standard InChI is InChI=1S/C18H24FN3O6/c1-3-6-13(17(27)21-12(9-16(25)26)14(23)10-19)22-8-5-7-11(18(22)28)20-15(24)4-2/h5,7-8,12-13H,3-4,6,9-10H2,1-2H3,(H,20,24)(H,21,27)(H,25,26)/t12?,13-/m1/s1. The molecule has 0 aliphatic rings. The van der Waals surface area contributed by atoms with E-state index in [4.69, 9.17) is 5.11 Å². The van der Waals surface area contributed by atoms with Crippen LogP contribution in [0.25, 0.3) is 0 Å². The number of hydrogen-bond acceptors (Lipinski definition) is 5. The molecule has 9 nitrogen and oxygen atoms in total. The number of alkyl halides is 1. The summed E-state index contributed by atoms with van der Waals surface area (Å²) in [5, 5.41) is 13.5. The lowest BCUT2D eigenvalue weighted by Gasteiger charge is -2.22. The van der Waals surface area contributed by atoms with Crippen molar-refractivity contribution in [2.45, 2.75) is 51.6 Å². The van der Waals surface area contributed by atoms with Crippen molar-refractivity contribution in [1.82, 2.24) is 9.88 Å². The summed E-state index contributed by atoms with van der Waals surface area (Å²) >= 11 is 0. The van der Waals surface area contributed by atoms with Gasteiger partial charge in [0.1, 0.15) is 24.4 Å². The van der Waals surface area contributed by atoms with E-state index >= 15 is 0 Å². The maximum Gasteiger partial charge on any atom is 0.305 e. The molecule has 0 bridgehead atoms. The Morgan fingerprint density at radius 2 is 1.93 bits per heavy atom. The average Bonchev–Trinajstić information content (AvgIpc) is 2.66. The smallest absolute Gasteiger partial charge is 0.305 e. The number of aromatic nitrogens is 1. The molecule has 3 N–H and O–H groups in total. The zero-order chi connectivity index (χ0) is 21.3. The quantitative estimate of drug-likeness (QED) is 0.511. The molecule has 10 heteroatoms. The number of anilines is 1. The van der Waals surface area contributed by atoms with Crippen molar-refractivity contribution in [3.8, 4) is 0 Å². The Morgan fingerprint density at radius 3 is 2.46 bits per heavy atom. The lowest BCUT2D eigenvalue weighted by atomic mass is 10.1. The lowest BCUT2D eigenvalue weighted by Crippen LogP contribution is -2.47. The molecular formula is C18H24FN3O6. The molecule has 0 aromatic carbocycles. The summed E-state index contributed by atoms with van der Waals surface area (Å²) in [7, 11) is 0. The first kappa shape index (κ1) is 23.0. The number of hydrogen-bond donors (Lipinski definition) is 3. The molecule has 1 unspecified atom stereocenters. The Bertz CT molecular complexity index is 792. The number of pyridine rings is 1. The van der Waals surface area contributed by atoms with Crippen LogP contribution in [0, 0.1) is 0 Å². The van der Waals surface area contributed by atoms with Gasteiger partial charge in [-0.25, -0.2) is 4.39 Å². The van der Waals surface area contributed by atoms with Crippen LogP contribution in [0.4, 0.5) is 10.1 Å². The lowest BCUT2D eigenvalue weighted by molar-refractivity contribution is -0.140. The zero-order valence-corrected chi connectivity index (χ0v) is 15.7. The molecule has 1 aromatic rings. The van der Waals surface area contributed by atoms with Crippen molar-refractivity contribution < 1.29 is 28.7 Å². The summed E-state index contributed by atoms with van der Waals surface area (Å²) in [6.07, 6.45) is 1.45. The Hall–Kier alpha value is -3.04. The number of rotatable bonds is 11. The second-order valence-electron chi connectivity index (χ2n) is 6.10. The maximum absolute atomic E-state index is 12.7. The first-order chi connectivity index (χ1) is 13.2. The molecule has 2 amide bonds. The fourth-order valence-electron chi connectivity index (χ4n) is 2.54. The van der Waals surface area contributed by atoms with E-state index in [0.29, 0.717) is 6.42 Å². The van der Waals surface area contributed by atoms with Crippen molar-refractivity contribution in [1.29, 1.82) is 0 Å². The molecule has 28 heavy (non-hydrogen) atoms. The minimum Gasteiger partial charge on any atom is -0.481 e. The molecule has 0 fully saturated rings. The van der Waals surface area contributed by atoms with Gasteiger partial charge in [0.25, 0.3) is 5.56 Å². The number of carbonyl (C=O) groups is 4. The molecule has 154 valence electrons. The fourth-order valence-corrected chi connectivity index (χ4v) is 2.54. The summed E-state index contributed by atoms with van der Waals surface area (Å²) in [6, 6.07) is 0.282. The highest BCUT2D eigenvalue weighted by Gasteiger charge is 2.28. The Kier molecular flexibility index (Phi) is 9.00. The van der Waals surface area contributed by atoms with Gasteiger partial charge in [-0.3, -0.25) is 24.0 Å². The van der Waals surface area contributed by atoms with E-state index in [-0.39, 0.29) is 24.4 Å². The molecule has 0 aliphatic heterocycles. The molecule has 0 saturated heterocycles. The largest absolute Gasteiger partial charge is 0.481 e. The van der Waals surface area contributed by atoms with Gasteiger partial charge in [0, 0.05) is 12.6 Å². The summed E-state index contributed by atoms with van der Waals surface area (Å²) in [4.78, 5) is 59.4.